The second-order valence-corrected chi connectivity index (χ2v) is 7.36. The van der Waals surface area contributed by atoms with Crippen molar-refractivity contribution in [3.8, 4) is 17.3 Å². The fourth-order valence-corrected chi connectivity index (χ4v) is 3.66. The van der Waals surface area contributed by atoms with Gasteiger partial charge in [0.05, 0.1) is 38.9 Å². The second kappa shape index (κ2) is 8.07. The van der Waals surface area contributed by atoms with Crippen molar-refractivity contribution in [2.45, 2.75) is 6.18 Å². The molecule has 0 aliphatic rings. The van der Waals surface area contributed by atoms with Gasteiger partial charge < -0.3 is 5.11 Å². The summed E-state index contributed by atoms with van der Waals surface area (Å²) in [4.78, 5) is 24.4. The number of carboxylic acid groups (broad SMARTS) is 1. The summed E-state index contributed by atoms with van der Waals surface area (Å²) in [6, 6.07) is 14.9. The SMILES string of the molecule is N#Cc1ccc2c(-c3ccc(C(=O)O)cc3)nn(C(=O)c3c(Cl)cccc3C(F)(F)F)c2c1. The second-order valence-electron chi connectivity index (χ2n) is 6.95. The van der Waals surface area contributed by atoms with Gasteiger partial charge in [0.25, 0.3) is 5.91 Å². The van der Waals surface area contributed by atoms with E-state index in [4.69, 9.17) is 16.7 Å². The summed E-state index contributed by atoms with van der Waals surface area (Å²) in [5, 5.41) is 22.6. The third kappa shape index (κ3) is 3.92. The average Bonchev–Trinajstić information content (AvgIpc) is 3.16. The Morgan fingerprint density at radius 3 is 2.36 bits per heavy atom. The van der Waals surface area contributed by atoms with Crippen molar-refractivity contribution < 1.29 is 27.9 Å². The fourth-order valence-electron chi connectivity index (χ4n) is 3.41. The maximum atomic E-state index is 13.6. The van der Waals surface area contributed by atoms with E-state index in [9.17, 15) is 28.0 Å². The summed E-state index contributed by atoms with van der Waals surface area (Å²) in [6.45, 7) is 0. The highest BCUT2D eigenvalue weighted by Crippen LogP contribution is 2.36. The molecule has 0 amide bonds. The Labute approximate surface area is 189 Å². The lowest BCUT2D eigenvalue weighted by Gasteiger charge is -2.13. The molecule has 4 rings (SSSR count). The Morgan fingerprint density at radius 2 is 1.76 bits per heavy atom. The van der Waals surface area contributed by atoms with Gasteiger partial charge in [-0.05, 0) is 42.5 Å². The van der Waals surface area contributed by atoms with E-state index in [-0.39, 0.29) is 22.3 Å². The van der Waals surface area contributed by atoms with Gasteiger partial charge in [-0.2, -0.15) is 28.2 Å². The molecule has 4 aromatic rings. The molecule has 0 bridgehead atoms. The molecule has 164 valence electrons. The average molecular weight is 470 g/mol. The van der Waals surface area contributed by atoms with Crippen LogP contribution in [0.2, 0.25) is 5.02 Å². The Balaban J connectivity index is 1.97. The van der Waals surface area contributed by atoms with E-state index in [2.05, 4.69) is 5.10 Å². The summed E-state index contributed by atoms with van der Waals surface area (Å²) < 4.78 is 41.5. The van der Waals surface area contributed by atoms with E-state index in [0.29, 0.717) is 10.9 Å². The van der Waals surface area contributed by atoms with Crippen LogP contribution in [0.5, 0.6) is 0 Å². The Hall–Kier alpha value is -4.16. The first kappa shape index (κ1) is 22.0. The largest absolute Gasteiger partial charge is 0.478 e. The smallest absolute Gasteiger partial charge is 0.417 e. The van der Waals surface area contributed by atoms with Crippen LogP contribution in [0.4, 0.5) is 13.2 Å². The van der Waals surface area contributed by atoms with E-state index in [1.807, 2.05) is 6.07 Å². The fraction of sp³-hybridized carbons (Fsp3) is 0.0435. The molecule has 3 aromatic carbocycles. The predicted octanol–water partition coefficient (Wildman–Crippen LogP) is 5.63. The highest BCUT2D eigenvalue weighted by molar-refractivity contribution is 6.34. The van der Waals surface area contributed by atoms with Crippen molar-refractivity contribution in [1.29, 1.82) is 5.26 Å². The lowest BCUT2D eigenvalue weighted by molar-refractivity contribution is -0.137. The maximum absolute atomic E-state index is 13.6. The molecule has 0 saturated carbocycles. The van der Waals surface area contributed by atoms with Gasteiger partial charge in [-0.3, -0.25) is 4.79 Å². The molecule has 0 aliphatic carbocycles. The number of aromatic nitrogens is 2. The van der Waals surface area contributed by atoms with Gasteiger partial charge in [-0.25, -0.2) is 4.79 Å². The van der Waals surface area contributed by atoms with Crippen LogP contribution in [0.3, 0.4) is 0 Å². The van der Waals surface area contributed by atoms with Crippen molar-refractivity contribution in [1.82, 2.24) is 9.78 Å². The third-order valence-electron chi connectivity index (χ3n) is 4.94. The van der Waals surface area contributed by atoms with E-state index >= 15 is 0 Å². The molecule has 1 heterocycles. The van der Waals surface area contributed by atoms with E-state index in [1.54, 1.807) is 0 Å². The molecule has 0 fully saturated rings. The number of nitriles is 1. The number of carboxylic acids is 1. The standard InChI is InChI=1S/C23H11ClF3N3O3/c24-17-3-1-2-16(23(25,26)27)19(17)21(31)30-18-10-12(11-28)4-9-15(18)20(29-30)13-5-7-14(8-6-13)22(32)33/h1-10H,(H,32,33). The summed E-state index contributed by atoms with van der Waals surface area (Å²) in [5.41, 5.74) is -1.05. The molecular weight excluding hydrogens is 459 g/mol. The first-order valence-electron chi connectivity index (χ1n) is 9.29. The summed E-state index contributed by atoms with van der Waals surface area (Å²) in [6.07, 6.45) is -4.84. The first-order chi connectivity index (χ1) is 15.6. The zero-order valence-corrected chi connectivity index (χ0v) is 17.1. The number of fused-ring (bicyclic) bond motifs is 1. The molecule has 0 aliphatic heterocycles. The quantitative estimate of drug-likeness (QED) is 0.419. The van der Waals surface area contributed by atoms with Crippen LogP contribution in [0, 0.1) is 11.3 Å². The van der Waals surface area contributed by atoms with Gasteiger partial charge in [0.15, 0.2) is 0 Å². The number of nitrogens with zero attached hydrogens (tertiary/aromatic N) is 3. The topological polar surface area (TPSA) is 96.0 Å². The number of hydrogen-bond donors (Lipinski definition) is 1. The van der Waals surface area contributed by atoms with E-state index in [1.165, 1.54) is 48.5 Å². The zero-order valence-electron chi connectivity index (χ0n) is 16.4. The van der Waals surface area contributed by atoms with Crippen LogP contribution in [-0.2, 0) is 6.18 Å². The number of aromatic carboxylic acids is 1. The molecule has 1 N–H and O–H groups in total. The molecule has 0 saturated heterocycles. The van der Waals surface area contributed by atoms with Crippen LogP contribution in [0.15, 0.2) is 60.7 Å². The van der Waals surface area contributed by atoms with Crippen LogP contribution < -0.4 is 0 Å². The molecule has 0 spiro atoms. The van der Waals surface area contributed by atoms with Crippen molar-refractivity contribution in [3.05, 3.63) is 87.9 Å². The maximum Gasteiger partial charge on any atom is 0.417 e. The molecule has 0 unspecified atom stereocenters. The molecule has 0 atom stereocenters. The van der Waals surface area contributed by atoms with Gasteiger partial charge in [0.1, 0.15) is 5.69 Å². The van der Waals surface area contributed by atoms with Gasteiger partial charge >= 0.3 is 12.1 Å². The van der Waals surface area contributed by atoms with E-state index < -0.39 is 34.2 Å². The lowest BCUT2D eigenvalue weighted by Crippen LogP contribution is -2.20. The number of carbonyl (C=O) groups is 2. The number of halogens is 4. The van der Waals surface area contributed by atoms with Crippen molar-refractivity contribution in [3.63, 3.8) is 0 Å². The molecule has 0 radical (unpaired) electrons. The van der Waals surface area contributed by atoms with Gasteiger partial charge in [0, 0.05) is 10.9 Å². The highest BCUT2D eigenvalue weighted by atomic mass is 35.5. The van der Waals surface area contributed by atoms with E-state index in [0.717, 1.165) is 16.8 Å². The normalized spacial score (nSPS) is 11.4. The summed E-state index contributed by atoms with van der Waals surface area (Å²) in [5.74, 6) is -2.26. The summed E-state index contributed by atoms with van der Waals surface area (Å²) >= 11 is 5.99. The van der Waals surface area contributed by atoms with Gasteiger partial charge in [-0.15, -0.1) is 0 Å². The minimum absolute atomic E-state index is 0.0243. The van der Waals surface area contributed by atoms with Crippen molar-refractivity contribution >= 4 is 34.4 Å². The van der Waals surface area contributed by atoms with Crippen molar-refractivity contribution in [2.24, 2.45) is 0 Å². The summed E-state index contributed by atoms with van der Waals surface area (Å²) in [7, 11) is 0. The van der Waals surface area contributed by atoms with Crippen LogP contribution in [0.1, 0.15) is 31.8 Å². The number of rotatable bonds is 3. The molecular formula is C23H11ClF3N3O3. The van der Waals surface area contributed by atoms with Gasteiger partial charge in [-0.1, -0.05) is 29.8 Å². The molecule has 33 heavy (non-hydrogen) atoms. The molecule has 6 nitrogen and oxygen atoms in total. The highest BCUT2D eigenvalue weighted by Gasteiger charge is 2.37. The number of benzene rings is 3. The Bertz CT molecular complexity index is 1470. The van der Waals surface area contributed by atoms with Crippen LogP contribution >= 0.6 is 11.6 Å². The van der Waals surface area contributed by atoms with Crippen LogP contribution in [-0.4, -0.2) is 26.8 Å². The first-order valence-corrected chi connectivity index (χ1v) is 9.66. The van der Waals surface area contributed by atoms with Gasteiger partial charge in [0.2, 0.25) is 0 Å². The number of hydrogen-bond acceptors (Lipinski definition) is 4. The molecule has 10 heteroatoms. The Morgan fingerprint density at radius 1 is 1.06 bits per heavy atom. The number of alkyl halides is 3. The minimum atomic E-state index is -4.84. The Kier molecular flexibility index (Phi) is 5.39. The lowest BCUT2D eigenvalue weighted by atomic mass is 10.0. The predicted molar refractivity (Wildman–Crippen MR) is 113 cm³/mol. The third-order valence-corrected chi connectivity index (χ3v) is 5.26. The molecule has 1 aromatic heterocycles. The van der Waals surface area contributed by atoms with Crippen LogP contribution in [0.25, 0.3) is 22.2 Å². The zero-order chi connectivity index (χ0) is 23.9. The van der Waals surface area contributed by atoms with Crippen molar-refractivity contribution in [2.75, 3.05) is 0 Å². The minimum Gasteiger partial charge on any atom is -0.478 e. The monoisotopic (exact) mass is 469 g/mol. The number of carbonyl (C=O) groups excluding carboxylic acids is 1.